The Hall–Kier alpha value is -2.04. The van der Waals surface area contributed by atoms with Crippen molar-refractivity contribution in [1.29, 1.82) is 0 Å². The third-order valence-electron chi connectivity index (χ3n) is 2.64. The summed E-state index contributed by atoms with van der Waals surface area (Å²) in [5.41, 5.74) is 0. The van der Waals surface area contributed by atoms with Crippen molar-refractivity contribution in [1.82, 2.24) is 34.3 Å². The van der Waals surface area contributed by atoms with Crippen molar-refractivity contribution in [3.8, 4) is 11.9 Å². The number of halogens is 1. The van der Waals surface area contributed by atoms with Crippen LogP contribution in [0.15, 0.2) is 31.1 Å². The second-order valence-electron chi connectivity index (χ2n) is 4.26. The maximum Gasteiger partial charge on any atom is 0.257 e. The largest absolute Gasteiger partial charge is 0.354 e. The maximum atomic E-state index is 4.43. The highest BCUT2D eigenvalue weighted by atomic mass is 127. The van der Waals surface area contributed by atoms with E-state index in [1.165, 1.54) is 0 Å². The molecule has 3 rings (SSSR count). The van der Waals surface area contributed by atoms with Gasteiger partial charge in [-0.15, -0.1) is 0 Å². The monoisotopic (exact) mass is 396 g/mol. The molecule has 108 valence electrons. The summed E-state index contributed by atoms with van der Waals surface area (Å²) in [6.07, 6.45) is 9.71. The van der Waals surface area contributed by atoms with E-state index in [1.54, 1.807) is 34.2 Å². The first-order valence-corrected chi connectivity index (χ1v) is 7.53. The Morgan fingerprint density at radius 3 is 2.76 bits per heavy atom. The lowest BCUT2D eigenvalue weighted by molar-refractivity contribution is 0.772. The Kier molecular flexibility index (Phi) is 4.08. The lowest BCUT2D eigenvalue weighted by atomic mass is 10.5. The van der Waals surface area contributed by atoms with E-state index in [9.17, 15) is 0 Å². The Labute approximate surface area is 134 Å². The van der Waals surface area contributed by atoms with Crippen LogP contribution in [0.2, 0.25) is 0 Å². The van der Waals surface area contributed by atoms with Gasteiger partial charge in [0, 0.05) is 25.1 Å². The van der Waals surface area contributed by atoms with Crippen LogP contribution < -0.4 is 5.32 Å². The van der Waals surface area contributed by atoms with Crippen LogP contribution in [0.5, 0.6) is 0 Å². The second kappa shape index (κ2) is 6.16. The van der Waals surface area contributed by atoms with Crippen LogP contribution in [-0.2, 0) is 0 Å². The molecule has 0 spiro atoms. The molecule has 0 saturated heterocycles. The summed E-state index contributed by atoms with van der Waals surface area (Å²) in [5.74, 6) is 1.49. The van der Waals surface area contributed by atoms with Gasteiger partial charge in [0.2, 0.25) is 11.9 Å². The molecular weight excluding hydrogens is 383 g/mol. The van der Waals surface area contributed by atoms with Crippen molar-refractivity contribution >= 4 is 28.5 Å². The van der Waals surface area contributed by atoms with Crippen molar-refractivity contribution in [3.05, 3.63) is 34.7 Å². The van der Waals surface area contributed by atoms with E-state index >= 15 is 0 Å². The van der Waals surface area contributed by atoms with Gasteiger partial charge in [0.1, 0.15) is 6.33 Å². The number of anilines is 1. The Morgan fingerprint density at radius 1 is 1.24 bits per heavy atom. The number of nitrogens with zero attached hydrogens (tertiary/aromatic N) is 7. The molecule has 21 heavy (non-hydrogen) atoms. The normalized spacial score (nSPS) is 10.8. The van der Waals surface area contributed by atoms with E-state index in [2.05, 4.69) is 59.9 Å². The molecule has 3 aromatic heterocycles. The van der Waals surface area contributed by atoms with Crippen molar-refractivity contribution in [3.63, 3.8) is 0 Å². The molecule has 0 aliphatic carbocycles. The number of rotatable bonds is 5. The zero-order chi connectivity index (χ0) is 14.7. The highest BCUT2D eigenvalue weighted by Crippen LogP contribution is 2.10. The summed E-state index contributed by atoms with van der Waals surface area (Å²) in [6, 6.07) is 0. The average molecular weight is 396 g/mol. The van der Waals surface area contributed by atoms with Crippen LogP contribution in [0.1, 0.15) is 13.3 Å². The standard InChI is InChI=1S/C12H13IN8/c1-2-3-15-10-17-11(20-5-4-14-8-20)19-12(18-10)21-7-9(13)6-16-21/h4-8H,2-3H2,1H3,(H,15,17,18,19). The van der Waals surface area contributed by atoms with Gasteiger partial charge in [-0.05, 0) is 29.0 Å². The molecule has 0 amide bonds. The first-order valence-electron chi connectivity index (χ1n) is 6.45. The van der Waals surface area contributed by atoms with E-state index < -0.39 is 0 Å². The zero-order valence-corrected chi connectivity index (χ0v) is 13.5. The van der Waals surface area contributed by atoms with Gasteiger partial charge in [0.05, 0.1) is 9.77 Å². The van der Waals surface area contributed by atoms with Gasteiger partial charge in [0.25, 0.3) is 5.95 Å². The van der Waals surface area contributed by atoms with E-state index in [1.807, 2.05) is 6.20 Å². The molecular formula is C12H13IN8. The number of imidazole rings is 1. The fourth-order valence-corrected chi connectivity index (χ4v) is 2.06. The van der Waals surface area contributed by atoms with E-state index in [0.29, 0.717) is 17.8 Å². The highest BCUT2D eigenvalue weighted by Gasteiger charge is 2.10. The highest BCUT2D eigenvalue weighted by molar-refractivity contribution is 14.1. The first-order chi connectivity index (χ1) is 10.3. The Bertz CT molecular complexity index is 721. The van der Waals surface area contributed by atoms with Crippen LogP contribution in [0.25, 0.3) is 11.9 Å². The fourth-order valence-electron chi connectivity index (χ4n) is 1.68. The number of hydrogen-bond donors (Lipinski definition) is 1. The van der Waals surface area contributed by atoms with Gasteiger partial charge in [0.15, 0.2) is 0 Å². The third kappa shape index (κ3) is 3.17. The van der Waals surface area contributed by atoms with E-state index in [4.69, 9.17) is 0 Å². The quantitative estimate of drug-likeness (QED) is 0.661. The van der Waals surface area contributed by atoms with Gasteiger partial charge in [-0.2, -0.15) is 20.1 Å². The average Bonchev–Trinajstić information content (AvgIpc) is 3.16. The van der Waals surface area contributed by atoms with Gasteiger partial charge in [-0.25, -0.2) is 9.67 Å². The zero-order valence-electron chi connectivity index (χ0n) is 11.3. The molecule has 9 heteroatoms. The molecule has 0 atom stereocenters. The van der Waals surface area contributed by atoms with Crippen LogP contribution in [0.4, 0.5) is 5.95 Å². The summed E-state index contributed by atoms with van der Waals surface area (Å²) in [7, 11) is 0. The molecule has 0 aromatic carbocycles. The summed E-state index contributed by atoms with van der Waals surface area (Å²) in [4.78, 5) is 17.2. The number of nitrogens with one attached hydrogen (secondary N) is 1. The maximum absolute atomic E-state index is 4.43. The second-order valence-corrected chi connectivity index (χ2v) is 5.50. The van der Waals surface area contributed by atoms with Crippen LogP contribution in [-0.4, -0.2) is 40.8 Å². The van der Waals surface area contributed by atoms with Crippen LogP contribution in [0, 0.1) is 3.57 Å². The minimum atomic E-state index is 0.468. The van der Waals surface area contributed by atoms with Crippen LogP contribution in [0.3, 0.4) is 0 Å². The number of hydrogen-bond acceptors (Lipinski definition) is 6. The first kappa shape index (κ1) is 13.9. The fraction of sp³-hybridized carbons (Fsp3) is 0.250. The topological polar surface area (TPSA) is 86.3 Å². The molecule has 0 aliphatic heterocycles. The van der Waals surface area contributed by atoms with E-state index in [-0.39, 0.29) is 0 Å². The van der Waals surface area contributed by atoms with Gasteiger partial charge in [-0.3, -0.25) is 4.57 Å². The van der Waals surface area contributed by atoms with Crippen molar-refractivity contribution < 1.29 is 0 Å². The van der Waals surface area contributed by atoms with Crippen LogP contribution >= 0.6 is 22.6 Å². The van der Waals surface area contributed by atoms with Gasteiger partial charge < -0.3 is 5.32 Å². The Balaban J connectivity index is 2.04. The van der Waals surface area contributed by atoms with Crippen molar-refractivity contribution in [2.75, 3.05) is 11.9 Å². The molecule has 0 aliphatic rings. The smallest absolute Gasteiger partial charge is 0.257 e. The molecule has 0 saturated carbocycles. The minimum Gasteiger partial charge on any atom is -0.354 e. The summed E-state index contributed by atoms with van der Waals surface area (Å²) < 4.78 is 4.37. The predicted molar refractivity (Wildman–Crippen MR) is 85.6 cm³/mol. The summed E-state index contributed by atoms with van der Waals surface area (Å²) in [6.45, 7) is 2.88. The summed E-state index contributed by atoms with van der Waals surface area (Å²) >= 11 is 2.19. The molecule has 1 N–H and O–H groups in total. The van der Waals surface area contributed by atoms with Crippen molar-refractivity contribution in [2.45, 2.75) is 13.3 Å². The molecule has 8 nitrogen and oxygen atoms in total. The SMILES string of the molecule is CCCNc1nc(-n2ccnc2)nc(-n2cc(I)cn2)n1. The molecule has 3 heterocycles. The molecule has 0 unspecified atom stereocenters. The number of aromatic nitrogens is 7. The molecule has 0 bridgehead atoms. The lowest BCUT2D eigenvalue weighted by Gasteiger charge is -2.08. The third-order valence-corrected chi connectivity index (χ3v) is 3.19. The van der Waals surface area contributed by atoms with Crippen molar-refractivity contribution in [2.24, 2.45) is 0 Å². The predicted octanol–water partition coefficient (Wildman–Crippen LogP) is 1.67. The molecule has 0 fully saturated rings. The molecule has 3 aromatic rings. The Morgan fingerprint density at radius 2 is 2.10 bits per heavy atom. The lowest BCUT2D eigenvalue weighted by Crippen LogP contribution is -2.13. The van der Waals surface area contributed by atoms with E-state index in [0.717, 1.165) is 16.5 Å². The summed E-state index contributed by atoms with van der Waals surface area (Å²) in [5, 5.41) is 7.41. The minimum absolute atomic E-state index is 0.468. The van der Waals surface area contributed by atoms with Gasteiger partial charge in [-0.1, -0.05) is 6.92 Å². The molecule has 0 radical (unpaired) electrons. The van der Waals surface area contributed by atoms with Gasteiger partial charge >= 0.3 is 0 Å².